The number of carbonyl (C=O) groups excluding carboxylic acids is 1. The Kier molecular flexibility index (Phi) is 8.17. The predicted octanol–water partition coefficient (Wildman–Crippen LogP) is 1.74. The third-order valence-electron chi connectivity index (χ3n) is 3.54. The van der Waals surface area contributed by atoms with Crippen LogP contribution in [0.5, 0.6) is 5.75 Å². The van der Waals surface area contributed by atoms with E-state index in [0.29, 0.717) is 6.54 Å². The van der Waals surface area contributed by atoms with Crippen LogP contribution >= 0.6 is 28.3 Å². The molecule has 124 valence electrons. The Labute approximate surface area is 146 Å². The Morgan fingerprint density at radius 1 is 1.41 bits per heavy atom. The summed E-state index contributed by atoms with van der Waals surface area (Å²) in [5, 5.41) is 3.26. The van der Waals surface area contributed by atoms with Gasteiger partial charge >= 0.3 is 0 Å². The van der Waals surface area contributed by atoms with Crippen LogP contribution in [0.2, 0.25) is 0 Å². The maximum absolute atomic E-state index is 12.2. The highest BCUT2D eigenvalue weighted by molar-refractivity contribution is 9.10. The van der Waals surface area contributed by atoms with Crippen molar-refractivity contribution in [1.29, 1.82) is 0 Å². The number of likely N-dealkylation sites (N-methyl/N-ethyl adjacent to an activating group) is 1. The lowest BCUT2D eigenvalue weighted by Crippen LogP contribution is -2.49. The van der Waals surface area contributed by atoms with Gasteiger partial charge in [-0.3, -0.25) is 9.69 Å². The Morgan fingerprint density at radius 3 is 2.68 bits per heavy atom. The van der Waals surface area contributed by atoms with Crippen LogP contribution in [0.15, 0.2) is 22.7 Å². The van der Waals surface area contributed by atoms with Crippen LogP contribution in [0, 0.1) is 0 Å². The van der Waals surface area contributed by atoms with Crippen molar-refractivity contribution in [3.8, 4) is 5.75 Å². The molecular formula is C15H23BrClN3O2. The van der Waals surface area contributed by atoms with Gasteiger partial charge in [0.2, 0.25) is 5.91 Å². The van der Waals surface area contributed by atoms with Crippen LogP contribution in [0.3, 0.4) is 0 Å². The molecule has 1 aromatic rings. The molecule has 0 aliphatic carbocycles. The van der Waals surface area contributed by atoms with Gasteiger partial charge in [0.1, 0.15) is 5.75 Å². The number of hydrogen-bond acceptors (Lipinski definition) is 4. The van der Waals surface area contributed by atoms with E-state index in [4.69, 9.17) is 4.74 Å². The summed E-state index contributed by atoms with van der Waals surface area (Å²) in [5.74, 6) is 1.02. The molecule has 5 nitrogen and oxygen atoms in total. The fourth-order valence-corrected chi connectivity index (χ4v) is 3.01. The summed E-state index contributed by atoms with van der Waals surface area (Å²) in [6.45, 7) is 4.58. The number of rotatable bonds is 5. The average Bonchev–Trinajstić information content (AvgIpc) is 2.48. The number of ether oxygens (including phenoxy) is 1. The molecular weight excluding hydrogens is 370 g/mol. The predicted molar refractivity (Wildman–Crippen MR) is 93.7 cm³/mol. The minimum absolute atomic E-state index is 0. The maximum atomic E-state index is 12.2. The minimum atomic E-state index is 0. The summed E-state index contributed by atoms with van der Waals surface area (Å²) < 4.78 is 6.16. The van der Waals surface area contributed by atoms with Crippen LogP contribution in [0.1, 0.15) is 5.56 Å². The first-order valence-corrected chi connectivity index (χ1v) is 7.89. The van der Waals surface area contributed by atoms with E-state index in [0.717, 1.165) is 48.5 Å². The molecule has 0 atom stereocenters. The van der Waals surface area contributed by atoms with Gasteiger partial charge in [0.25, 0.3) is 0 Å². The first-order chi connectivity index (χ1) is 10.1. The topological polar surface area (TPSA) is 44.8 Å². The monoisotopic (exact) mass is 391 g/mol. The zero-order chi connectivity index (χ0) is 15.2. The zero-order valence-electron chi connectivity index (χ0n) is 13.0. The van der Waals surface area contributed by atoms with E-state index < -0.39 is 0 Å². The molecule has 1 fully saturated rings. The average molecular weight is 393 g/mol. The van der Waals surface area contributed by atoms with Gasteiger partial charge in [-0.15, -0.1) is 12.4 Å². The lowest BCUT2D eigenvalue weighted by Gasteiger charge is -2.29. The Bertz CT molecular complexity index is 496. The molecule has 0 spiro atoms. The van der Waals surface area contributed by atoms with Crippen molar-refractivity contribution in [2.75, 3.05) is 46.9 Å². The molecule has 0 aromatic heterocycles. The highest BCUT2D eigenvalue weighted by atomic mass is 79.9. The normalized spacial score (nSPS) is 14.6. The van der Waals surface area contributed by atoms with E-state index >= 15 is 0 Å². The molecule has 7 heteroatoms. The number of benzene rings is 1. The number of nitrogens with one attached hydrogen (secondary N) is 1. The van der Waals surface area contributed by atoms with Crippen molar-refractivity contribution in [2.24, 2.45) is 0 Å². The van der Waals surface area contributed by atoms with Crippen molar-refractivity contribution in [3.05, 3.63) is 28.2 Å². The maximum Gasteiger partial charge on any atom is 0.236 e. The van der Waals surface area contributed by atoms with E-state index in [2.05, 4.69) is 21.2 Å². The summed E-state index contributed by atoms with van der Waals surface area (Å²) in [6.07, 6.45) is 0. The van der Waals surface area contributed by atoms with E-state index in [-0.39, 0.29) is 18.3 Å². The van der Waals surface area contributed by atoms with Crippen LogP contribution in [-0.2, 0) is 11.3 Å². The highest BCUT2D eigenvalue weighted by Gasteiger charge is 2.17. The first-order valence-electron chi connectivity index (χ1n) is 7.09. The fourth-order valence-electron chi connectivity index (χ4n) is 2.42. The summed E-state index contributed by atoms with van der Waals surface area (Å²) in [5.41, 5.74) is 1.15. The number of hydrogen-bond donors (Lipinski definition) is 1. The standard InChI is InChI=1S/C15H22BrN3O2.ClH/c1-18(11-15(20)19-7-5-17-6-8-19)10-12-3-4-14(21-2)13(16)9-12;/h3-4,9,17H,5-8,10-11H2,1-2H3;1H. The smallest absolute Gasteiger partial charge is 0.236 e. The molecule has 0 unspecified atom stereocenters. The fraction of sp³-hybridized carbons (Fsp3) is 0.533. The Morgan fingerprint density at radius 2 is 2.09 bits per heavy atom. The first kappa shape index (κ1) is 19.2. The molecule has 1 saturated heterocycles. The van der Waals surface area contributed by atoms with Gasteiger partial charge in [-0.1, -0.05) is 6.07 Å². The lowest BCUT2D eigenvalue weighted by molar-refractivity contribution is -0.132. The molecule has 0 radical (unpaired) electrons. The van der Waals surface area contributed by atoms with Gasteiger partial charge in [-0.2, -0.15) is 0 Å². The van der Waals surface area contributed by atoms with Crippen molar-refractivity contribution < 1.29 is 9.53 Å². The number of methoxy groups -OCH3 is 1. The molecule has 22 heavy (non-hydrogen) atoms. The van der Waals surface area contributed by atoms with E-state index in [1.165, 1.54) is 0 Å². The Hall–Kier alpha value is -0.820. The second-order valence-electron chi connectivity index (χ2n) is 5.27. The molecule has 0 bridgehead atoms. The van der Waals surface area contributed by atoms with Crippen LogP contribution in [-0.4, -0.2) is 62.6 Å². The molecule has 1 aromatic carbocycles. The van der Waals surface area contributed by atoms with Gasteiger partial charge in [0.15, 0.2) is 0 Å². The summed E-state index contributed by atoms with van der Waals surface area (Å²) in [6, 6.07) is 5.99. The quantitative estimate of drug-likeness (QED) is 0.829. The van der Waals surface area contributed by atoms with Crippen LogP contribution < -0.4 is 10.1 Å². The van der Waals surface area contributed by atoms with Crippen LogP contribution in [0.4, 0.5) is 0 Å². The number of amides is 1. The van der Waals surface area contributed by atoms with E-state index in [9.17, 15) is 4.79 Å². The minimum Gasteiger partial charge on any atom is -0.496 e. The number of carbonyl (C=O) groups is 1. The third kappa shape index (κ3) is 5.43. The molecule has 1 N–H and O–H groups in total. The molecule has 1 heterocycles. The van der Waals surface area contributed by atoms with Crippen molar-refractivity contribution in [1.82, 2.24) is 15.1 Å². The molecule has 1 aliphatic heterocycles. The van der Waals surface area contributed by atoms with Gasteiger partial charge < -0.3 is 15.0 Å². The third-order valence-corrected chi connectivity index (χ3v) is 4.16. The SMILES string of the molecule is COc1ccc(CN(C)CC(=O)N2CCNCC2)cc1Br.Cl. The molecule has 0 saturated carbocycles. The van der Waals surface area contributed by atoms with Crippen LogP contribution in [0.25, 0.3) is 0 Å². The Balaban J connectivity index is 0.00000242. The van der Waals surface area contributed by atoms with Crippen molar-refractivity contribution in [3.63, 3.8) is 0 Å². The lowest BCUT2D eigenvalue weighted by atomic mass is 10.2. The largest absolute Gasteiger partial charge is 0.496 e. The molecule has 2 rings (SSSR count). The van der Waals surface area contributed by atoms with Gasteiger partial charge in [0.05, 0.1) is 18.1 Å². The number of halogens is 2. The summed E-state index contributed by atoms with van der Waals surface area (Å²) in [7, 11) is 3.62. The zero-order valence-corrected chi connectivity index (χ0v) is 15.4. The molecule has 1 aliphatic rings. The number of nitrogens with zero attached hydrogens (tertiary/aromatic N) is 2. The van der Waals surface area contributed by atoms with E-state index in [1.807, 2.05) is 35.0 Å². The summed E-state index contributed by atoms with van der Waals surface area (Å²) >= 11 is 3.49. The highest BCUT2D eigenvalue weighted by Crippen LogP contribution is 2.25. The van der Waals surface area contributed by atoms with Gasteiger partial charge in [-0.25, -0.2) is 0 Å². The molecule has 1 amide bonds. The summed E-state index contributed by atoms with van der Waals surface area (Å²) in [4.78, 5) is 16.2. The second-order valence-corrected chi connectivity index (χ2v) is 6.13. The van der Waals surface area contributed by atoms with Gasteiger partial charge in [-0.05, 0) is 40.7 Å². The van der Waals surface area contributed by atoms with Crippen molar-refractivity contribution >= 4 is 34.2 Å². The van der Waals surface area contributed by atoms with E-state index in [1.54, 1.807) is 7.11 Å². The van der Waals surface area contributed by atoms with Crippen molar-refractivity contribution in [2.45, 2.75) is 6.54 Å². The van der Waals surface area contributed by atoms with Gasteiger partial charge in [0, 0.05) is 32.7 Å². The second kappa shape index (κ2) is 9.35. The number of piperazine rings is 1.